The second kappa shape index (κ2) is 16.5. The van der Waals surface area contributed by atoms with Crippen molar-refractivity contribution in [3.05, 3.63) is 47.7 Å². The highest BCUT2D eigenvalue weighted by Crippen LogP contribution is 2.39. The maximum absolute atomic E-state index is 12.5. The number of carbonyl (C=O) groups excluding carboxylic acids is 1. The number of benzene rings is 1. The van der Waals surface area contributed by atoms with Crippen molar-refractivity contribution in [2.75, 3.05) is 6.61 Å². The molecule has 2 N–H and O–H groups in total. The highest BCUT2D eigenvalue weighted by Gasteiger charge is 2.47. The summed E-state index contributed by atoms with van der Waals surface area (Å²) in [6.45, 7) is 10.3. The van der Waals surface area contributed by atoms with Gasteiger partial charge in [0, 0.05) is 35.9 Å². The zero-order valence-electron chi connectivity index (χ0n) is 26.6. The number of aromatic amines is 1. The molecule has 1 fully saturated rings. The molecule has 5 nitrogen and oxygen atoms in total. The molecule has 0 aliphatic carbocycles. The van der Waals surface area contributed by atoms with Crippen LogP contribution >= 0.6 is 0 Å². The van der Waals surface area contributed by atoms with Crippen LogP contribution in [-0.2, 0) is 20.7 Å². The maximum atomic E-state index is 12.5. The van der Waals surface area contributed by atoms with E-state index in [9.17, 15) is 9.90 Å². The lowest BCUT2D eigenvalue weighted by Crippen LogP contribution is -2.33. The average Bonchev–Trinajstić information content (AvgIpc) is 3.31. The number of fused-ring (bicyclic) bond motifs is 1. The molecule has 41 heavy (non-hydrogen) atoms. The van der Waals surface area contributed by atoms with E-state index < -0.39 is 5.60 Å². The predicted octanol–water partition coefficient (Wildman–Crippen LogP) is 9.32. The minimum Gasteiger partial charge on any atom is -0.465 e. The van der Waals surface area contributed by atoms with Crippen LogP contribution in [0.4, 0.5) is 0 Å². The van der Waals surface area contributed by atoms with Crippen molar-refractivity contribution in [3.63, 3.8) is 0 Å². The number of allylic oxidation sites excluding steroid dienone is 2. The van der Waals surface area contributed by atoms with Gasteiger partial charge in [0.15, 0.2) is 0 Å². The molecule has 1 aromatic carbocycles. The van der Waals surface area contributed by atoms with Crippen molar-refractivity contribution >= 4 is 16.9 Å². The van der Waals surface area contributed by atoms with Crippen LogP contribution in [0.25, 0.3) is 10.9 Å². The third-order valence-corrected chi connectivity index (χ3v) is 8.65. The Morgan fingerprint density at radius 2 is 1.63 bits per heavy atom. The zero-order chi connectivity index (χ0) is 29.7. The van der Waals surface area contributed by atoms with Crippen LogP contribution in [0.3, 0.4) is 0 Å². The fourth-order valence-electron chi connectivity index (χ4n) is 5.71. The van der Waals surface area contributed by atoms with Gasteiger partial charge in [0.25, 0.3) is 0 Å². The Hall–Kier alpha value is -2.11. The first-order valence-corrected chi connectivity index (χ1v) is 16.4. The van der Waals surface area contributed by atoms with Crippen molar-refractivity contribution < 1.29 is 19.4 Å². The second-order valence-corrected chi connectivity index (χ2v) is 13.3. The Bertz CT molecular complexity index is 1080. The summed E-state index contributed by atoms with van der Waals surface area (Å²) in [5, 5.41) is 12.0. The number of aromatic nitrogens is 1. The molecule has 0 saturated carbocycles. The SMILES string of the molecule is CCCCCCCC/C=C\CCCCCCCC(=O)OC[C@H](c1c[nH]c2cc(C[C@H]3OC3(C)C)ccc12)C(C)(C)O. The molecule has 1 aliphatic heterocycles. The van der Waals surface area contributed by atoms with E-state index in [4.69, 9.17) is 9.47 Å². The number of hydrogen-bond donors (Lipinski definition) is 2. The summed E-state index contributed by atoms with van der Waals surface area (Å²) in [5.41, 5.74) is 2.19. The summed E-state index contributed by atoms with van der Waals surface area (Å²) in [6.07, 6.45) is 24.3. The smallest absolute Gasteiger partial charge is 0.305 e. The Morgan fingerprint density at radius 1 is 1.02 bits per heavy atom. The van der Waals surface area contributed by atoms with Gasteiger partial charge in [-0.3, -0.25) is 4.79 Å². The minimum atomic E-state index is -1.02. The van der Waals surface area contributed by atoms with Gasteiger partial charge in [-0.05, 0) is 77.0 Å². The molecule has 0 spiro atoms. The van der Waals surface area contributed by atoms with Crippen LogP contribution in [0.15, 0.2) is 36.5 Å². The molecule has 1 saturated heterocycles. The van der Waals surface area contributed by atoms with Gasteiger partial charge in [0.05, 0.1) is 17.3 Å². The van der Waals surface area contributed by atoms with Crippen molar-refractivity contribution in [2.45, 2.75) is 154 Å². The zero-order valence-corrected chi connectivity index (χ0v) is 26.6. The molecule has 0 radical (unpaired) electrons. The first-order valence-electron chi connectivity index (χ1n) is 16.4. The van der Waals surface area contributed by atoms with Gasteiger partial charge < -0.3 is 19.6 Å². The lowest BCUT2D eigenvalue weighted by molar-refractivity contribution is -0.145. The molecule has 0 bridgehead atoms. The molecule has 2 atom stereocenters. The number of rotatable bonds is 21. The minimum absolute atomic E-state index is 0.0320. The highest BCUT2D eigenvalue weighted by atomic mass is 16.6. The molecular weight excluding hydrogens is 510 g/mol. The van der Waals surface area contributed by atoms with Gasteiger partial charge in [-0.25, -0.2) is 0 Å². The normalized spacial score (nSPS) is 17.4. The summed E-state index contributed by atoms with van der Waals surface area (Å²) in [6, 6.07) is 6.41. The summed E-state index contributed by atoms with van der Waals surface area (Å²) >= 11 is 0. The summed E-state index contributed by atoms with van der Waals surface area (Å²) in [7, 11) is 0. The number of nitrogens with one attached hydrogen (secondary N) is 1. The Labute approximate surface area is 249 Å². The van der Waals surface area contributed by atoms with E-state index >= 15 is 0 Å². The van der Waals surface area contributed by atoms with Gasteiger partial charge in [-0.15, -0.1) is 0 Å². The first kappa shape index (κ1) is 33.4. The van der Waals surface area contributed by atoms with Crippen molar-refractivity contribution in [2.24, 2.45) is 0 Å². The van der Waals surface area contributed by atoms with E-state index in [1.54, 1.807) is 13.8 Å². The largest absolute Gasteiger partial charge is 0.465 e. The third kappa shape index (κ3) is 11.6. The lowest BCUT2D eigenvalue weighted by Gasteiger charge is -2.29. The van der Waals surface area contributed by atoms with E-state index in [2.05, 4.69) is 56.1 Å². The molecular formula is C36H57NO4. The van der Waals surface area contributed by atoms with E-state index in [1.165, 1.54) is 69.8 Å². The highest BCUT2D eigenvalue weighted by molar-refractivity contribution is 5.84. The number of hydrogen-bond acceptors (Lipinski definition) is 4. The van der Waals surface area contributed by atoms with Crippen molar-refractivity contribution in [1.82, 2.24) is 4.98 Å². The van der Waals surface area contributed by atoms with Crippen LogP contribution in [0.5, 0.6) is 0 Å². The van der Waals surface area contributed by atoms with Crippen LogP contribution in [0.1, 0.15) is 142 Å². The fraction of sp³-hybridized carbons (Fsp3) is 0.694. The number of unbranched alkanes of at least 4 members (excludes halogenated alkanes) is 11. The fourth-order valence-corrected chi connectivity index (χ4v) is 5.71. The summed E-state index contributed by atoms with van der Waals surface area (Å²) < 4.78 is 11.4. The molecule has 5 heteroatoms. The van der Waals surface area contributed by atoms with Gasteiger partial charge >= 0.3 is 5.97 Å². The summed E-state index contributed by atoms with van der Waals surface area (Å²) in [4.78, 5) is 15.9. The van der Waals surface area contributed by atoms with Crippen LogP contribution in [0.2, 0.25) is 0 Å². The van der Waals surface area contributed by atoms with Crippen LogP contribution < -0.4 is 0 Å². The van der Waals surface area contributed by atoms with Gasteiger partial charge in [0.2, 0.25) is 0 Å². The molecule has 2 aromatic rings. The molecule has 0 amide bonds. The monoisotopic (exact) mass is 567 g/mol. The summed E-state index contributed by atoms with van der Waals surface area (Å²) in [5.74, 6) is -0.489. The number of aliphatic hydroxyl groups is 1. The van der Waals surface area contributed by atoms with Crippen LogP contribution in [-0.4, -0.2) is 40.0 Å². The van der Waals surface area contributed by atoms with E-state index in [0.717, 1.165) is 42.1 Å². The molecule has 230 valence electrons. The van der Waals surface area contributed by atoms with E-state index in [-0.39, 0.29) is 30.2 Å². The number of epoxide rings is 1. The molecule has 1 aromatic heterocycles. The molecule has 3 rings (SSSR count). The predicted molar refractivity (Wildman–Crippen MR) is 170 cm³/mol. The first-order chi connectivity index (χ1) is 19.6. The molecule has 1 aliphatic rings. The molecule has 2 heterocycles. The topological polar surface area (TPSA) is 74.9 Å². The lowest BCUT2D eigenvalue weighted by atomic mass is 9.85. The van der Waals surface area contributed by atoms with Gasteiger partial charge in [-0.1, -0.05) is 82.6 Å². The van der Waals surface area contributed by atoms with Crippen molar-refractivity contribution in [3.8, 4) is 0 Å². The third-order valence-electron chi connectivity index (χ3n) is 8.65. The Balaban J connectivity index is 1.32. The number of carbonyl (C=O) groups is 1. The van der Waals surface area contributed by atoms with Crippen LogP contribution in [0, 0.1) is 0 Å². The quantitative estimate of drug-likeness (QED) is 0.0682. The van der Waals surface area contributed by atoms with Gasteiger partial charge in [-0.2, -0.15) is 0 Å². The standard InChI is InChI=1S/C36H57NO4/c1-6-7-8-9-10-11-12-13-14-15-16-17-18-19-20-21-34(38)40-27-31(35(2,3)39)30-26-37-32-24-28(22-23-29(30)32)25-33-36(4,5)41-33/h13-14,22-24,26,31,33,37,39H,6-12,15-21,25,27H2,1-5H3/b14-13-/t31-,33-/m1/s1. The number of H-pyrrole nitrogens is 1. The maximum Gasteiger partial charge on any atom is 0.305 e. The van der Waals surface area contributed by atoms with Gasteiger partial charge in [0.1, 0.15) is 6.61 Å². The molecule has 0 unspecified atom stereocenters. The number of ether oxygens (including phenoxy) is 2. The van der Waals surface area contributed by atoms with Crippen molar-refractivity contribution in [1.29, 1.82) is 0 Å². The number of esters is 1. The Kier molecular flexibility index (Phi) is 13.4. The second-order valence-electron chi connectivity index (χ2n) is 13.3. The Morgan fingerprint density at radius 3 is 2.24 bits per heavy atom. The average molecular weight is 568 g/mol. The van der Waals surface area contributed by atoms with E-state index in [1.807, 2.05) is 6.20 Å². The van der Waals surface area contributed by atoms with E-state index in [0.29, 0.717) is 6.42 Å².